The maximum Gasteiger partial charge on any atom is 4.00 e. The minimum absolute atomic E-state index is 0. The van der Waals surface area contributed by atoms with Gasteiger partial charge in [0.25, 0.3) is 0 Å². The number of hydrogen-bond acceptors (Lipinski definition) is 6. The van der Waals surface area contributed by atoms with Gasteiger partial charge in [0.05, 0.1) is 0 Å². The maximum atomic E-state index is 8.52. The molecule has 0 rings (SSSR count). The van der Waals surface area contributed by atoms with Gasteiger partial charge >= 0.3 is 20.1 Å². The van der Waals surface area contributed by atoms with E-state index in [2.05, 4.69) is 0 Å². The van der Waals surface area contributed by atoms with Crippen LogP contribution in [0.15, 0.2) is 0 Å². The van der Waals surface area contributed by atoms with Gasteiger partial charge < -0.3 is 28.1 Å². The third-order valence-corrected chi connectivity index (χ3v) is 0. The molecule has 0 aromatic heterocycles. The Morgan fingerprint density at radius 1 is 0.778 bits per heavy atom. The van der Waals surface area contributed by atoms with Crippen LogP contribution in [0.5, 0.6) is 0 Å². The van der Waals surface area contributed by atoms with Crippen molar-refractivity contribution in [3.63, 3.8) is 0 Å². The summed E-state index contributed by atoms with van der Waals surface area (Å²) in [5.74, 6) is 0. The molecule has 1 radical (unpaired) electrons. The van der Waals surface area contributed by atoms with Crippen LogP contribution in [-0.2, 0) is 29.0 Å². The Hall–Kier alpha value is -0.117. The average molecular weight is 344 g/mol. The molecule has 53 valence electrons. The van der Waals surface area contributed by atoms with E-state index in [-0.39, 0.29) is 20.1 Å². The van der Waals surface area contributed by atoms with Crippen molar-refractivity contribution < 1.29 is 48.2 Å². The monoisotopic (exact) mass is 345 g/mol. The van der Waals surface area contributed by atoms with Crippen LogP contribution in [0, 0.1) is 0 Å². The summed E-state index contributed by atoms with van der Waals surface area (Å²) in [6.07, 6.45) is 0. The molecule has 0 aliphatic rings. The molecule has 0 unspecified atom stereocenters. The Morgan fingerprint density at radius 3 is 0.778 bits per heavy atom. The molecular weight excluding hydrogens is 344 g/mol. The Labute approximate surface area is 66.9 Å². The molecule has 0 atom stereocenters. The molecule has 0 heterocycles. The zero-order valence-electron chi connectivity index (χ0n) is 3.78. The molecule has 0 fully saturated rings. The predicted molar refractivity (Wildman–Crippen MR) is 12.9 cm³/mol. The molecule has 9 heavy (non-hydrogen) atoms. The summed E-state index contributed by atoms with van der Waals surface area (Å²) in [7, 11) is -7.26. The van der Waals surface area contributed by atoms with E-state index in [4.69, 9.17) is 28.1 Å². The summed E-state index contributed by atoms with van der Waals surface area (Å²) in [4.78, 5) is 34.1. The maximum absolute atomic E-state index is 8.52. The van der Waals surface area contributed by atoms with E-state index in [0.29, 0.717) is 0 Å². The minimum atomic E-state index is -3.63. The Balaban J connectivity index is -0.0000000720. The number of hydrogen-bond donors (Lipinski definition) is 0. The SMILES string of the molecule is O=[Si]([O-])[O-].O=[Si]([O-])[O-].[Ir+4]. The molecule has 0 aromatic carbocycles. The third-order valence-electron chi connectivity index (χ3n) is 0. The summed E-state index contributed by atoms with van der Waals surface area (Å²) in [5.41, 5.74) is 0. The topological polar surface area (TPSA) is 126 Å². The first kappa shape index (κ1) is 15.9. The number of rotatable bonds is 0. The van der Waals surface area contributed by atoms with E-state index in [1.165, 1.54) is 0 Å². The van der Waals surface area contributed by atoms with Crippen LogP contribution in [-0.4, -0.2) is 18.3 Å². The van der Waals surface area contributed by atoms with Crippen molar-refractivity contribution in [3.05, 3.63) is 0 Å². The second-order valence-corrected chi connectivity index (χ2v) is 1.50. The average Bonchev–Trinajstić information content (AvgIpc) is 1.25. The van der Waals surface area contributed by atoms with Gasteiger partial charge in [-0.1, -0.05) is 0 Å². The molecule has 0 N–H and O–H groups in total. The van der Waals surface area contributed by atoms with Crippen LogP contribution in [0.25, 0.3) is 0 Å². The van der Waals surface area contributed by atoms with Gasteiger partial charge in [0.2, 0.25) is 0 Å². The van der Waals surface area contributed by atoms with E-state index in [9.17, 15) is 0 Å². The standard InChI is InChI=1S/Ir.2O3Si/c;2*1-4(2)3/q+4;2*-2. The Morgan fingerprint density at radius 2 is 0.778 bits per heavy atom. The van der Waals surface area contributed by atoms with Gasteiger partial charge in [-0.3, -0.25) is 0 Å². The first-order valence-corrected chi connectivity index (χ1v) is 3.67. The Kier molecular flexibility index (Phi) is 19.1. The van der Waals surface area contributed by atoms with Crippen molar-refractivity contribution in [1.29, 1.82) is 0 Å². The fourth-order valence-electron chi connectivity index (χ4n) is 0. The van der Waals surface area contributed by atoms with E-state index in [0.717, 1.165) is 0 Å². The zero-order chi connectivity index (χ0) is 7.15. The molecular formula is IrO6Si2. The quantitative estimate of drug-likeness (QED) is 0.403. The first-order chi connectivity index (χ1) is 3.46. The minimum Gasteiger partial charge on any atom is -0.672 e. The van der Waals surface area contributed by atoms with Crippen LogP contribution < -0.4 is 19.2 Å². The van der Waals surface area contributed by atoms with Crippen molar-refractivity contribution >= 4 is 18.3 Å². The molecule has 0 saturated carbocycles. The summed E-state index contributed by atoms with van der Waals surface area (Å²) < 4.78 is 17.0. The van der Waals surface area contributed by atoms with Gasteiger partial charge in [-0.25, -0.2) is 0 Å². The molecule has 0 aromatic rings. The smallest absolute Gasteiger partial charge is 0.672 e. The van der Waals surface area contributed by atoms with Gasteiger partial charge in [0, 0.05) is 18.3 Å². The predicted octanol–water partition coefficient (Wildman–Crippen LogP) is -5.76. The fourth-order valence-corrected chi connectivity index (χ4v) is 0. The summed E-state index contributed by atoms with van der Waals surface area (Å²) in [6.45, 7) is 0. The van der Waals surface area contributed by atoms with Gasteiger partial charge in [0.15, 0.2) is 0 Å². The summed E-state index contributed by atoms with van der Waals surface area (Å²) in [5, 5.41) is 0. The zero-order valence-corrected chi connectivity index (χ0v) is 8.18. The molecule has 0 spiro atoms. The van der Waals surface area contributed by atoms with Gasteiger partial charge in [-0.2, -0.15) is 0 Å². The fraction of sp³-hybridized carbons (Fsp3) is 0. The molecule has 0 bridgehead atoms. The molecule has 0 amide bonds. The van der Waals surface area contributed by atoms with Crippen molar-refractivity contribution in [1.82, 2.24) is 0 Å². The van der Waals surface area contributed by atoms with Crippen LogP contribution in [0.3, 0.4) is 0 Å². The largest absolute Gasteiger partial charge is 4.00 e. The second-order valence-electron chi connectivity index (χ2n) is 0.500. The molecule has 0 saturated heterocycles. The van der Waals surface area contributed by atoms with E-state index in [1.54, 1.807) is 0 Å². The van der Waals surface area contributed by atoms with E-state index < -0.39 is 18.3 Å². The van der Waals surface area contributed by atoms with Crippen molar-refractivity contribution in [3.8, 4) is 0 Å². The third kappa shape index (κ3) is 20000. The Bertz CT molecular complexity index is 69.1. The molecule has 6 nitrogen and oxygen atoms in total. The van der Waals surface area contributed by atoms with E-state index in [1.807, 2.05) is 0 Å². The van der Waals surface area contributed by atoms with Crippen LogP contribution in [0.2, 0.25) is 0 Å². The van der Waals surface area contributed by atoms with Crippen LogP contribution in [0.4, 0.5) is 0 Å². The first-order valence-electron chi connectivity index (χ1n) is 1.22. The molecule has 0 aliphatic carbocycles. The van der Waals surface area contributed by atoms with Crippen LogP contribution >= 0.6 is 0 Å². The van der Waals surface area contributed by atoms with Crippen LogP contribution in [0.1, 0.15) is 0 Å². The van der Waals surface area contributed by atoms with Gasteiger partial charge in [-0.05, 0) is 0 Å². The molecule has 9 heteroatoms. The normalized spacial score (nSPS) is 5.33. The van der Waals surface area contributed by atoms with Crippen molar-refractivity contribution in [2.75, 3.05) is 0 Å². The van der Waals surface area contributed by atoms with Crippen molar-refractivity contribution in [2.24, 2.45) is 0 Å². The summed E-state index contributed by atoms with van der Waals surface area (Å²) >= 11 is 0. The van der Waals surface area contributed by atoms with Crippen molar-refractivity contribution in [2.45, 2.75) is 0 Å². The second kappa shape index (κ2) is 10.8. The van der Waals surface area contributed by atoms with Gasteiger partial charge in [-0.15, -0.1) is 0 Å². The summed E-state index contributed by atoms with van der Waals surface area (Å²) in [6, 6.07) is 0. The van der Waals surface area contributed by atoms with E-state index >= 15 is 0 Å². The molecule has 0 aliphatic heterocycles. The van der Waals surface area contributed by atoms with Gasteiger partial charge in [0.1, 0.15) is 0 Å².